The van der Waals surface area contributed by atoms with Crippen molar-refractivity contribution in [3.8, 4) is 0 Å². The van der Waals surface area contributed by atoms with E-state index >= 15 is 0 Å². The molecule has 1 N–H and O–H groups in total. The Kier molecular flexibility index (Phi) is 7.93. The number of hydrogen-bond acceptors (Lipinski definition) is 7. The topological polar surface area (TPSA) is 92.8 Å². The van der Waals surface area contributed by atoms with Crippen LogP contribution in [0.3, 0.4) is 0 Å². The number of hydrogen-bond donors (Lipinski definition) is 1. The molecule has 7 nitrogen and oxygen atoms in total. The first kappa shape index (κ1) is 21.2. The third-order valence-corrected chi connectivity index (χ3v) is 8.14. The number of methoxy groups -OCH3 is 1. The average molecular weight is 421 g/mol. The minimum Gasteiger partial charge on any atom is -0.467 e. The molecule has 1 saturated heterocycles. The van der Waals surface area contributed by atoms with Crippen molar-refractivity contribution in [2.75, 3.05) is 32.2 Å². The van der Waals surface area contributed by atoms with E-state index in [4.69, 9.17) is 4.74 Å². The van der Waals surface area contributed by atoms with Crippen molar-refractivity contribution in [1.29, 1.82) is 0 Å². The summed E-state index contributed by atoms with van der Waals surface area (Å²) in [7, 11) is -2.28. The predicted molar refractivity (Wildman–Crippen MR) is 103 cm³/mol. The number of sulfonamides is 1. The second-order valence-electron chi connectivity index (χ2n) is 6.00. The molecule has 0 saturated carbocycles. The summed E-state index contributed by atoms with van der Waals surface area (Å²) in [5.41, 5.74) is 0. The number of piperidine rings is 1. The van der Waals surface area contributed by atoms with Gasteiger partial charge in [-0.15, -0.1) is 11.3 Å². The van der Waals surface area contributed by atoms with Crippen molar-refractivity contribution < 1.29 is 22.7 Å². The number of rotatable bonds is 8. The van der Waals surface area contributed by atoms with E-state index in [1.807, 2.05) is 6.26 Å². The number of nitrogens with zero attached hydrogens (tertiary/aromatic N) is 1. The maximum atomic E-state index is 12.7. The minimum atomic E-state index is -3.57. The average Bonchev–Trinajstić information content (AvgIpc) is 3.20. The van der Waals surface area contributed by atoms with Crippen LogP contribution in [0.4, 0.5) is 0 Å². The van der Waals surface area contributed by atoms with Gasteiger partial charge in [0.05, 0.1) is 13.0 Å². The molecule has 146 valence electrons. The van der Waals surface area contributed by atoms with Gasteiger partial charge in [0.15, 0.2) is 0 Å². The highest BCUT2D eigenvalue weighted by Gasteiger charge is 2.35. The molecule has 1 fully saturated rings. The Morgan fingerprint density at radius 2 is 2.27 bits per heavy atom. The highest BCUT2D eigenvalue weighted by Crippen LogP contribution is 2.26. The monoisotopic (exact) mass is 420 g/mol. The summed E-state index contributed by atoms with van der Waals surface area (Å²) in [5, 5.41) is 4.45. The molecule has 26 heavy (non-hydrogen) atoms. The van der Waals surface area contributed by atoms with E-state index in [-0.39, 0.29) is 16.7 Å². The van der Waals surface area contributed by atoms with E-state index in [1.54, 1.807) is 29.3 Å². The maximum absolute atomic E-state index is 12.7. The maximum Gasteiger partial charge on any atom is 0.328 e. The van der Waals surface area contributed by atoms with Crippen molar-refractivity contribution >= 4 is 45.0 Å². The van der Waals surface area contributed by atoms with E-state index in [1.165, 1.54) is 22.8 Å². The predicted octanol–water partition coefficient (Wildman–Crippen LogP) is 1.56. The summed E-state index contributed by atoms with van der Waals surface area (Å²) in [6, 6.07) is 2.56. The lowest BCUT2D eigenvalue weighted by atomic mass is 9.98. The quantitative estimate of drug-likeness (QED) is 0.642. The van der Waals surface area contributed by atoms with Crippen LogP contribution in [-0.2, 0) is 24.3 Å². The number of nitrogens with one attached hydrogen (secondary N) is 1. The molecule has 1 aliphatic heterocycles. The van der Waals surface area contributed by atoms with E-state index in [9.17, 15) is 18.0 Å². The first-order valence-corrected chi connectivity index (χ1v) is 12.0. The summed E-state index contributed by atoms with van der Waals surface area (Å²) in [6.07, 6.45) is 3.60. The fourth-order valence-electron chi connectivity index (χ4n) is 2.83. The Hall–Kier alpha value is -1.10. The first-order valence-electron chi connectivity index (χ1n) is 8.31. The number of thiophene rings is 1. The van der Waals surface area contributed by atoms with Gasteiger partial charge in [-0.3, -0.25) is 4.79 Å². The number of carbonyl (C=O) groups excluding carboxylic acids is 2. The van der Waals surface area contributed by atoms with Crippen molar-refractivity contribution in [1.82, 2.24) is 9.62 Å². The van der Waals surface area contributed by atoms with Gasteiger partial charge in [-0.25, -0.2) is 13.2 Å². The summed E-state index contributed by atoms with van der Waals surface area (Å²) in [4.78, 5) is 24.5. The van der Waals surface area contributed by atoms with Crippen LogP contribution in [0.15, 0.2) is 21.7 Å². The second-order valence-corrected chi connectivity index (χ2v) is 10.1. The third-order valence-electron chi connectivity index (χ3n) is 4.26. The van der Waals surface area contributed by atoms with Gasteiger partial charge in [-0.1, -0.05) is 6.07 Å². The minimum absolute atomic E-state index is 0.127. The number of ether oxygens (including phenoxy) is 1. The zero-order valence-corrected chi connectivity index (χ0v) is 17.3. The fourth-order valence-corrected chi connectivity index (χ4v) is 5.97. The highest BCUT2D eigenvalue weighted by molar-refractivity contribution is 7.98. The molecule has 2 heterocycles. The second kappa shape index (κ2) is 9.72. The Balaban J connectivity index is 2.03. The third kappa shape index (κ3) is 5.21. The fraction of sp³-hybridized carbons (Fsp3) is 0.625. The molecule has 0 aromatic carbocycles. The van der Waals surface area contributed by atoms with E-state index < -0.39 is 28.0 Å². The standard InChI is InChI=1S/C16H24N2O5S3/c1-23-16(20)13(7-10-24-2)17-15(19)12-5-3-8-18(11-12)26(21,22)14-6-4-9-25-14/h4,6,9,12-13H,3,5,7-8,10-11H2,1-2H3,(H,17,19)/t12-,13-/m1/s1. The van der Waals surface area contributed by atoms with Gasteiger partial charge in [-0.05, 0) is 42.7 Å². The molecule has 2 rings (SSSR count). The van der Waals surface area contributed by atoms with Crippen LogP contribution in [0.2, 0.25) is 0 Å². The van der Waals surface area contributed by atoms with Crippen molar-refractivity contribution in [2.45, 2.75) is 29.5 Å². The van der Waals surface area contributed by atoms with E-state index in [2.05, 4.69) is 5.32 Å². The van der Waals surface area contributed by atoms with Crippen LogP contribution in [0.1, 0.15) is 19.3 Å². The lowest BCUT2D eigenvalue weighted by molar-refractivity contribution is -0.145. The molecule has 0 radical (unpaired) electrons. The molecule has 1 aromatic heterocycles. The summed E-state index contributed by atoms with van der Waals surface area (Å²) in [6.45, 7) is 0.527. The van der Waals surface area contributed by atoms with Crippen molar-refractivity contribution in [3.63, 3.8) is 0 Å². The molecule has 1 amide bonds. The molecule has 0 bridgehead atoms. The van der Waals surface area contributed by atoms with E-state index in [0.717, 1.165) is 0 Å². The molecule has 0 unspecified atom stereocenters. The first-order chi connectivity index (χ1) is 12.4. The summed E-state index contributed by atoms with van der Waals surface area (Å²) in [5.74, 6) is -0.539. The normalized spacial score (nSPS) is 19.7. The molecule has 1 aromatic rings. The summed E-state index contributed by atoms with van der Waals surface area (Å²) >= 11 is 2.74. The summed E-state index contributed by atoms with van der Waals surface area (Å²) < 4.78 is 31.7. The largest absolute Gasteiger partial charge is 0.467 e. The number of amides is 1. The van der Waals surface area contributed by atoms with E-state index in [0.29, 0.717) is 31.6 Å². The zero-order valence-electron chi connectivity index (χ0n) is 14.8. The van der Waals surface area contributed by atoms with Gasteiger partial charge in [0, 0.05) is 13.1 Å². The molecule has 0 aliphatic carbocycles. The molecule has 10 heteroatoms. The van der Waals surface area contributed by atoms with Crippen LogP contribution in [0, 0.1) is 5.92 Å². The Morgan fingerprint density at radius 1 is 1.50 bits per heavy atom. The van der Waals surface area contributed by atoms with Crippen LogP contribution < -0.4 is 5.32 Å². The van der Waals surface area contributed by atoms with Crippen LogP contribution in [-0.4, -0.2) is 62.8 Å². The highest BCUT2D eigenvalue weighted by atomic mass is 32.2. The van der Waals surface area contributed by atoms with Crippen LogP contribution in [0.25, 0.3) is 0 Å². The van der Waals surface area contributed by atoms with Gasteiger partial charge >= 0.3 is 5.97 Å². The lowest BCUT2D eigenvalue weighted by Gasteiger charge is -2.31. The number of esters is 1. The lowest BCUT2D eigenvalue weighted by Crippen LogP contribution is -2.49. The number of thioether (sulfide) groups is 1. The molecular weight excluding hydrogens is 396 g/mol. The van der Waals surface area contributed by atoms with Crippen LogP contribution in [0.5, 0.6) is 0 Å². The Morgan fingerprint density at radius 3 is 2.88 bits per heavy atom. The van der Waals surface area contributed by atoms with Crippen molar-refractivity contribution in [2.24, 2.45) is 5.92 Å². The van der Waals surface area contributed by atoms with Crippen molar-refractivity contribution in [3.05, 3.63) is 17.5 Å². The van der Waals surface area contributed by atoms with Crippen LogP contribution >= 0.6 is 23.1 Å². The molecule has 0 spiro atoms. The van der Waals surface area contributed by atoms with Gasteiger partial charge in [-0.2, -0.15) is 16.1 Å². The Labute approximate surface area is 162 Å². The van der Waals surface area contributed by atoms with Gasteiger partial charge in [0.25, 0.3) is 10.0 Å². The Bertz CT molecular complexity index is 705. The smallest absolute Gasteiger partial charge is 0.328 e. The van der Waals surface area contributed by atoms with Gasteiger partial charge in [0.2, 0.25) is 5.91 Å². The van der Waals surface area contributed by atoms with Gasteiger partial charge < -0.3 is 10.1 Å². The molecular formula is C16H24N2O5S3. The zero-order chi connectivity index (χ0) is 19.2. The molecule has 1 aliphatic rings. The molecule has 2 atom stereocenters. The SMILES string of the molecule is COC(=O)[C@@H](CCSC)NC(=O)[C@@H]1CCCN(S(=O)(=O)c2cccs2)C1. The number of carbonyl (C=O) groups is 2. The van der Waals surface area contributed by atoms with Gasteiger partial charge in [0.1, 0.15) is 10.3 Å².